The van der Waals surface area contributed by atoms with Gasteiger partial charge in [0.05, 0.1) is 6.61 Å². The smallest absolute Gasteiger partial charge is 0.221 e. The molecule has 3 nitrogen and oxygen atoms in total. The maximum atomic E-state index is 11.6. The summed E-state index contributed by atoms with van der Waals surface area (Å²) in [6.45, 7) is 2.17. The van der Waals surface area contributed by atoms with Crippen LogP contribution in [-0.4, -0.2) is 34.7 Å². The number of thioether (sulfide) groups is 1. The lowest BCUT2D eigenvalue weighted by Gasteiger charge is -2.22. The van der Waals surface area contributed by atoms with Crippen molar-refractivity contribution in [2.24, 2.45) is 0 Å². The summed E-state index contributed by atoms with van der Waals surface area (Å²) in [4.78, 5) is 11.6. The number of hydrogen-bond acceptors (Lipinski definition) is 3. The van der Waals surface area contributed by atoms with Crippen LogP contribution in [0.1, 0.15) is 45.4 Å². The third-order valence-corrected chi connectivity index (χ3v) is 4.12. The van der Waals surface area contributed by atoms with E-state index < -0.39 is 0 Å². The summed E-state index contributed by atoms with van der Waals surface area (Å²) in [5, 5.41) is 12.2. The first-order chi connectivity index (χ1) is 7.72. The van der Waals surface area contributed by atoms with Gasteiger partial charge in [0.1, 0.15) is 0 Å². The Morgan fingerprint density at radius 1 is 1.44 bits per heavy atom. The number of hydrogen-bond donors (Lipinski definition) is 2. The molecule has 0 aromatic heterocycles. The zero-order chi connectivity index (χ0) is 11.8. The van der Waals surface area contributed by atoms with Gasteiger partial charge in [0.15, 0.2) is 0 Å². The summed E-state index contributed by atoms with van der Waals surface area (Å²) in [6, 6.07) is 0.418. The highest BCUT2D eigenvalue weighted by Gasteiger charge is 2.15. The van der Waals surface area contributed by atoms with Gasteiger partial charge in [0, 0.05) is 23.5 Å². The van der Waals surface area contributed by atoms with Crippen LogP contribution < -0.4 is 5.32 Å². The SMILES string of the molecule is CC(CO)SCCC(=O)NC1CCCCC1. The second kappa shape index (κ2) is 7.96. The first-order valence-electron chi connectivity index (χ1n) is 6.24. The monoisotopic (exact) mass is 245 g/mol. The number of carbonyl (C=O) groups is 1. The predicted octanol–water partition coefficient (Wildman–Crippen LogP) is 1.94. The van der Waals surface area contributed by atoms with Crippen molar-refractivity contribution in [1.82, 2.24) is 5.32 Å². The second-order valence-electron chi connectivity index (χ2n) is 4.52. The molecule has 1 amide bonds. The van der Waals surface area contributed by atoms with Crippen LogP contribution in [0.25, 0.3) is 0 Å². The molecule has 1 rings (SSSR count). The van der Waals surface area contributed by atoms with Gasteiger partial charge >= 0.3 is 0 Å². The van der Waals surface area contributed by atoms with Crippen LogP contribution in [0, 0.1) is 0 Å². The van der Waals surface area contributed by atoms with E-state index in [4.69, 9.17) is 5.11 Å². The molecule has 1 aliphatic carbocycles. The molecule has 0 aliphatic heterocycles. The number of aliphatic hydroxyl groups is 1. The van der Waals surface area contributed by atoms with E-state index in [1.54, 1.807) is 11.8 Å². The molecule has 0 bridgehead atoms. The first kappa shape index (κ1) is 13.8. The lowest BCUT2D eigenvalue weighted by molar-refractivity contribution is -0.121. The van der Waals surface area contributed by atoms with Crippen LogP contribution in [0.15, 0.2) is 0 Å². The fraction of sp³-hybridized carbons (Fsp3) is 0.917. The van der Waals surface area contributed by atoms with E-state index in [9.17, 15) is 4.79 Å². The maximum absolute atomic E-state index is 11.6. The van der Waals surface area contributed by atoms with Crippen LogP contribution in [0.5, 0.6) is 0 Å². The van der Waals surface area contributed by atoms with E-state index in [1.165, 1.54) is 19.3 Å². The third kappa shape index (κ3) is 5.75. The minimum atomic E-state index is 0.171. The Hall–Kier alpha value is -0.220. The summed E-state index contributed by atoms with van der Waals surface area (Å²) in [6.07, 6.45) is 6.68. The number of carbonyl (C=O) groups excluding carboxylic acids is 1. The molecule has 1 fully saturated rings. The minimum absolute atomic E-state index is 0.171. The first-order valence-corrected chi connectivity index (χ1v) is 7.29. The molecule has 0 aromatic carbocycles. The molecular weight excluding hydrogens is 222 g/mol. The van der Waals surface area contributed by atoms with Crippen molar-refractivity contribution in [3.63, 3.8) is 0 Å². The quantitative estimate of drug-likeness (QED) is 0.752. The number of amides is 1. The van der Waals surface area contributed by atoms with Gasteiger partial charge in [-0.3, -0.25) is 4.79 Å². The number of nitrogens with one attached hydrogen (secondary N) is 1. The maximum Gasteiger partial charge on any atom is 0.221 e. The van der Waals surface area contributed by atoms with Crippen LogP contribution in [0.3, 0.4) is 0 Å². The second-order valence-corrected chi connectivity index (χ2v) is 6.06. The third-order valence-electron chi connectivity index (χ3n) is 2.96. The molecule has 16 heavy (non-hydrogen) atoms. The van der Waals surface area contributed by atoms with Gasteiger partial charge in [-0.05, 0) is 12.8 Å². The molecule has 94 valence electrons. The average Bonchev–Trinajstić information content (AvgIpc) is 2.30. The Labute approximate surface area is 102 Å². The zero-order valence-corrected chi connectivity index (χ0v) is 10.9. The van der Waals surface area contributed by atoms with Crippen LogP contribution >= 0.6 is 11.8 Å². The summed E-state index contributed by atoms with van der Waals surface area (Å²) < 4.78 is 0. The van der Waals surface area contributed by atoms with E-state index in [1.807, 2.05) is 6.92 Å². The fourth-order valence-corrected chi connectivity index (χ4v) is 2.76. The van der Waals surface area contributed by atoms with Crippen LogP contribution in [0.4, 0.5) is 0 Å². The normalized spacial score (nSPS) is 19.4. The van der Waals surface area contributed by atoms with Gasteiger partial charge in [-0.15, -0.1) is 0 Å². The van der Waals surface area contributed by atoms with Crippen molar-refractivity contribution in [2.45, 2.75) is 56.7 Å². The molecule has 0 spiro atoms. The van der Waals surface area contributed by atoms with E-state index in [0.29, 0.717) is 12.5 Å². The number of rotatable bonds is 6. The van der Waals surface area contributed by atoms with Gasteiger partial charge in [0.2, 0.25) is 5.91 Å². The predicted molar refractivity (Wildman–Crippen MR) is 68.6 cm³/mol. The molecule has 0 radical (unpaired) electrons. The minimum Gasteiger partial charge on any atom is -0.395 e. The van der Waals surface area contributed by atoms with Crippen molar-refractivity contribution < 1.29 is 9.90 Å². The lowest BCUT2D eigenvalue weighted by atomic mass is 9.95. The van der Waals surface area contributed by atoms with E-state index in [2.05, 4.69) is 5.32 Å². The van der Waals surface area contributed by atoms with Crippen LogP contribution in [0.2, 0.25) is 0 Å². The zero-order valence-electron chi connectivity index (χ0n) is 10.1. The molecule has 0 aromatic rings. The molecule has 0 heterocycles. The lowest BCUT2D eigenvalue weighted by Crippen LogP contribution is -2.36. The van der Waals surface area contributed by atoms with Gasteiger partial charge in [0.25, 0.3) is 0 Å². The summed E-state index contributed by atoms with van der Waals surface area (Å²) >= 11 is 1.66. The van der Waals surface area contributed by atoms with Crippen LogP contribution in [-0.2, 0) is 4.79 Å². The average molecular weight is 245 g/mol. The highest BCUT2D eigenvalue weighted by Crippen LogP contribution is 2.17. The van der Waals surface area contributed by atoms with Gasteiger partial charge in [-0.2, -0.15) is 11.8 Å². The Kier molecular flexibility index (Phi) is 6.88. The topological polar surface area (TPSA) is 49.3 Å². The van der Waals surface area contributed by atoms with Gasteiger partial charge < -0.3 is 10.4 Å². The molecule has 1 saturated carbocycles. The van der Waals surface area contributed by atoms with Crippen molar-refractivity contribution in [1.29, 1.82) is 0 Å². The standard InChI is InChI=1S/C12H23NO2S/c1-10(9-14)16-8-7-12(15)13-11-5-3-2-4-6-11/h10-11,14H,2-9H2,1H3,(H,13,15). The van der Waals surface area contributed by atoms with E-state index in [-0.39, 0.29) is 17.8 Å². The Morgan fingerprint density at radius 2 is 2.12 bits per heavy atom. The Balaban J connectivity index is 2.05. The Bertz CT molecular complexity index is 205. The molecule has 1 aliphatic rings. The molecule has 2 N–H and O–H groups in total. The van der Waals surface area contributed by atoms with Gasteiger partial charge in [-0.1, -0.05) is 26.2 Å². The molecule has 1 atom stereocenters. The summed E-state index contributed by atoms with van der Waals surface area (Å²) in [5.74, 6) is 0.977. The highest BCUT2D eigenvalue weighted by atomic mass is 32.2. The van der Waals surface area contributed by atoms with Crippen molar-refractivity contribution >= 4 is 17.7 Å². The van der Waals surface area contributed by atoms with Crippen molar-refractivity contribution in [3.8, 4) is 0 Å². The van der Waals surface area contributed by atoms with E-state index >= 15 is 0 Å². The molecule has 4 heteroatoms. The van der Waals surface area contributed by atoms with Gasteiger partial charge in [-0.25, -0.2) is 0 Å². The Morgan fingerprint density at radius 3 is 2.75 bits per heavy atom. The summed E-state index contributed by atoms with van der Waals surface area (Å²) in [5.41, 5.74) is 0. The highest BCUT2D eigenvalue weighted by molar-refractivity contribution is 7.99. The molecular formula is C12H23NO2S. The molecule has 1 unspecified atom stereocenters. The van der Waals surface area contributed by atoms with Crippen molar-refractivity contribution in [2.75, 3.05) is 12.4 Å². The summed E-state index contributed by atoms with van der Waals surface area (Å²) in [7, 11) is 0. The van der Waals surface area contributed by atoms with E-state index in [0.717, 1.165) is 18.6 Å². The van der Waals surface area contributed by atoms with Crippen molar-refractivity contribution in [3.05, 3.63) is 0 Å². The molecule has 0 saturated heterocycles. The number of aliphatic hydroxyl groups excluding tert-OH is 1. The fourth-order valence-electron chi connectivity index (χ4n) is 1.95. The largest absolute Gasteiger partial charge is 0.395 e.